The lowest BCUT2D eigenvalue weighted by atomic mass is 9.99. The Balaban J connectivity index is 3.63. The van der Waals surface area contributed by atoms with Crippen molar-refractivity contribution in [2.24, 2.45) is 5.92 Å². The van der Waals surface area contributed by atoms with E-state index < -0.39 is 9.84 Å². The number of unbranched alkanes of at least 4 members (excludes halogenated alkanes) is 1. The Labute approximate surface area is 101 Å². The van der Waals surface area contributed by atoms with Gasteiger partial charge in [0.25, 0.3) is 0 Å². The van der Waals surface area contributed by atoms with Crippen molar-refractivity contribution >= 4 is 9.84 Å². The van der Waals surface area contributed by atoms with Crippen LogP contribution in [-0.2, 0) is 9.84 Å². The maximum absolute atomic E-state index is 11.2. The van der Waals surface area contributed by atoms with Crippen molar-refractivity contribution in [1.29, 1.82) is 0 Å². The third kappa shape index (κ3) is 8.11. The van der Waals surface area contributed by atoms with Crippen molar-refractivity contribution in [2.75, 3.05) is 24.6 Å². The second kappa shape index (κ2) is 8.99. The Bertz CT molecular complexity index is 250. The standard InChI is InChI=1S/C12H27NO2S/c1-4-7-8-12(5-2)11-13-9-10-16(14,15)6-3/h12-13H,4-11H2,1-3H3. The normalized spacial score (nSPS) is 13.9. The van der Waals surface area contributed by atoms with Gasteiger partial charge in [0.2, 0.25) is 0 Å². The lowest BCUT2D eigenvalue weighted by molar-refractivity contribution is 0.424. The zero-order valence-corrected chi connectivity index (χ0v) is 11.8. The summed E-state index contributed by atoms with van der Waals surface area (Å²) >= 11 is 0. The average molecular weight is 249 g/mol. The molecule has 0 aromatic carbocycles. The zero-order valence-electron chi connectivity index (χ0n) is 11.0. The molecule has 3 nitrogen and oxygen atoms in total. The third-order valence-corrected chi connectivity index (χ3v) is 4.71. The van der Waals surface area contributed by atoms with Crippen LogP contribution in [0.4, 0.5) is 0 Å². The van der Waals surface area contributed by atoms with Crippen LogP contribution in [0.25, 0.3) is 0 Å². The first-order chi connectivity index (χ1) is 7.55. The lowest BCUT2D eigenvalue weighted by Gasteiger charge is -2.15. The SMILES string of the molecule is CCCCC(CC)CNCCS(=O)(=O)CC. The molecule has 0 aliphatic heterocycles. The van der Waals surface area contributed by atoms with Gasteiger partial charge in [-0.2, -0.15) is 0 Å². The summed E-state index contributed by atoms with van der Waals surface area (Å²) in [5, 5.41) is 3.26. The number of hydrogen-bond donors (Lipinski definition) is 1. The average Bonchev–Trinajstić information content (AvgIpc) is 2.28. The Morgan fingerprint density at radius 1 is 1.19 bits per heavy atom. The van der Waals surface area contributed by atoms with E-state index in [1.165, 1.54) is 25.7 Å². The molecule has 98 valence electrons. The molecule has 0 heterocycles. The fourth-order valence-electron chi connectivity index (χ4n) is 1.62. The molecule has 0 radical (unpaired) electrons. The topological polar surface area (TPSA) is 46.2 Å². The second-order valence-electron chi connectivity index (χ2n) is 4.36. The van der Waals surface area contributed by atoms with Gasteiger partial charge in [0.15, 0.2) is 9.84 Å². The summed E-state index contributed by atoms with van der Waals surface area (Å²) in [5.41, 5.74) is 0. The molecule has 16 heavy (non-hydrogen) atoms. The summed E-state index contributed by atoms with van der Waals surface area (Å²) in [7, 11) is -2.80. The van der Waals surface area contributed by atoms with Crippen LogP contribution in [0.1, 0.15) is 46.5 Å². The molecular weight excluding hydrogens is 222 g/mol. The van der Waals surface area contributed by atoms with Gasteiger partial charge in [0.1, 0.15) is 0 Å². The Hall–Kier alpha value is -0.0900. The molecular formula is C12H27NO2S. The van der Waals surface area contributed by atoms with Gasteiger partial charge in [-0.25, -0.2) is 8.42 Å². The van der Waals surface area contributed by atoms with E-state index in [0.717, 1.165) is 6.54 Å². The molecule has 0 aliphatic carbocycles. The van der Waals surface area contributed by atoms with Gasteiger partial charge in [-0.05, 0) is 18.9 Å². The predicted octanol–water partition coefficient (Wildman–Crippen LogP) is 2.23. The van der Waals surface area contributed by atoms with E-state index in [1.54, 1.807) is 6.92 Å². The van der Waals surface area contributed by atoms with Crippen LogP contribution in [0.3, 0.4) is 0 Å². The van der Waals surface area contributed by atoms with Gasteiger partial charge in [0, 0.05) is 12.3 Å². The monoisotopic (exact) mass is 249 g/mol. The van der Waals surface area contributed by atoms with Crippen molar-refractivity contribution in [3.05, 3.63) is 0 Å². The fourth-order valence-corrected chi connectivity index (χ4v) is 2.37. The molecule has 0 aromatic rings. The van der Waals surface area contributed by atoms with Gasteiger partial charge in [0.05, 0.1) is 5.75 Å². The van der Waals surface area contributed by atoms with E-state index in [2.05, 4.69) is 19.2 Å². The fraction of sp³-hybridized carbons (Fsp3) is 1.00. The maximum atomic E-state index is 11.2. The molecule has 4 heteroatoms. The molecule has 1 unspecified atom stereocenters. The Kier molecular flexibility index (Phi) is 8.94. The molecule has 0 aliphatic rings. The molecule has 0 spiro atoms. The summed E-state index contributed by atoms with van der Waals surface area (Å²) < 4.78 is 22.5. The van der Waals surface area contributed by atoms with Crippen LogP contribution in [0.5, 0.6) is 0 Å². The maximum Gasteiger partial charge on any atom is 0.151 e. The quantitative estimate of drug-likeness (QED) is 0.604. The Morgan fingerprint density at radius 3 is 2.38 bits per heavy atom. The molecule has 0 rings (SSSR count). The molecule has 1 atom stereocenters. The lowest BCUT2D eigenvalue weighted by Crippen LogP contribution is -2.28. The van der Waals surface area contributed by atoms with E-state index in [9.17, 15) is 8.42 Å². The molecule has 0 amide bonds. The van der Waals surface area contributed by atoms with Crippen LogP contribution >= 0.6 is 0 Å². The number of rotatable bonds is 10. The largest absolute Gasteiger partial charge is 0.315 e. The van der Waals surface area contributed by atoms with Gasteiger partial charge in [-0.15, -0.1) is 0 Å². The van der Waals surface area contributed by atoms with Crippen LogP contribution in [-0.4, -0.2) is 33.0 Å². The summed E-state index contributed by atoms with van der Waals surface area (Å²) in [6, 6.07) is 0. The first-order valence-corrected chi connectivity index (χ1v) is 8.29. The molecule has 0 aromatic heterocycles. The Morgan fingerprint density at radius 2 is 1.88 bits per heavy atom. The third-order valence-electron chi connectivity index (χ3n) is 3.01. The van der Waals surface area contributed by atoms with Crippen molar-refractivity contribution in [3.63, 3.8) is 0 Å². The first kappa shape index (κ1) is 15.9. The summed E-state index contributed by atoms with van der Waals surface area (Å²) in [5.74, 6) is 1.22. The highest BCUT2D eigenvalue weighted by atomic mass is 32.2. The highest BCUT2D eigenvalue weighted by Crippen LogP contribution is 2.10. The summed E-state index contributed by atoms with van der Waals surface area (Å²) in [6.07, 6.45) is 4.93. The zero-order chi connectivity index (χ0) is 12.4. The summed E-state index contributed by atoms with van der Waals surface area (Å²) in [6.45, 7) is 7.65. The van der Waals surface area contributed by atoms with Crippen LogP contribution in [0.15, 0.2) is 0 Å². The smallest absolute Gasteiger partial charge is 0.151 e. The number of nitrogens with one attached hydrogen (secondary N) is 1. The highest BCUT2D eigenvalue weighted by Gasteiger charge is 2.08. The van der Waals surface area contributed by atoms with E-state index in [0.29, 0.717) is 12.5 Å². The van der Waals surface area contributed by atoms with Crippen LogP contribution < -0.4 is 5.32 Å². The minimum absolute atomic E-state index is 0.252. The van der Waals surface area contributed by atoms with E-state index in [4.69, 9.17) is 0 Å². The van der Waals surface area contributed by atoms with E-state index in [-0.39, 0.29) is 11.5 Å². The molecule has 0 saturated carbocycles. The van der Waals surface area contributed by atoms with Crippen molar-refractivity contribution in [2.45, 2.75) is 46.5 Å². The van der Waals surface area contributed by atoms with Crippen LogP contribution in [0, 0.1) is 5.92 Å². The second-order valence-corrected chi connectivity index (χ2v) is 6.83. The first-order valence-electron chi connectivity index (χ1n) is 6.46. The minimum Gasteiger partial charge on any atom is -0.315 e. The predicted molar refractivity (Wildman–Crippen MR) is 70.5 cm³/mol. The molecule has 0 saturated heterocycles. The van der Waals surface area contributed by atoms with Crippen molar-refractivity contribution in [1.82, 2.24) is 5.32 Å². The molecule has 0 fully saturated rings. The van der Waals surface area contributed by atoms with E-state index in [1.807, 2.05) is 0 Å². The van der Waals surface area contributed by atoms with Crippen molar-refractivity contribution in [3.8, 4) is 0 Å². The van der Waals surface area contributed by atoms with Gasteiger partial charge >= 0.3 is 0 Å². The van der Waals surface area contributed by atoms with Gasteiger partial charge in [-0.1, -0.05) is 40.0 Å². The minimum atomic E-state index is -2.80. The van der Waals surface area contributed by atoms with Gasteiger partial charge in [-0.3, -0.25) is 0 Å². The molecule has 1 N–H and O–H groups in total. The highest BCUT2D eigenvalue weighted by molar-refractivity contribution is 7.91. The number of hydrogen-bond acceptors (Lipinski definition) is 3. The van der Waals surface area contributed by atoms with E-state index >= 15 is 0 Å². The summed E-state index contributed by atoms with van der Waals surface area (Å²) in [4.78, 5) is 0. The molecule has 0 bridgehead atoms. The van der Waals surface area contributed by atoms with Crippen molar-refractivity contribution < 1.29 is 8.42 Å². The number of sulfone groups is 1. The van der Waals surface area contributed by atoms with Gasteiger partial charge < -0.3 is 5.32 Å². The van der Waals surface area contributed by atoms with Crippen LogP contribution in [0.2, 0.25) is 0 Å².